The number of hydrogen-bond acceptors (Lipinski definition) is 1. The van der Waals surface area contributed by atoms with E-state index in [4.69, 9.17) is 17.3 Å². The number of rotatable bonds is 0. The van der Waals surface area contributed by atoms with Gasteiger partial charge in [0.2, 0.25) is 0 Å². The molecular weight excluding hydrogens is 189 g/mol. The molecule has 13 heavy (non-hydrogen) atoms. The van der Waals surface area contributed by atoms with E-state index in [0.29, 0.717) is 16.1 Å². The van der Waals surface area contributed by atoms with Gasteiger partial charge in [0, 0.05) is 16.1 Å². The molecule has 2 aromatic carbocycles. The summed E-state index contributed by atoms with van der Waals surface area (Å²) in [5, 5.41) is 1.85. The predicted molar refractivity (Wildman–Crippen MR) is 53.3 cm³/mol. The Balaban J connectivity index is 2.86. The first-order valence-electron chi connectivity index (χ1n) is 3.81. The van der Waals surface area contributed by atoms with E-state index in [-0.39, 0.29) is 5.82 Å². The van der Waals surface area contributed by atoms with E-state index in [9.17, 15) is 4.39 Å². The van der Waals surface area contributed by atoms with Crippen LogP contribution in [0.3, 0.4) is 0 Å². The Morgan fingerprint density at radius 1 is 1.15 bits per heavy atom. The molecule has 0 aliphatic heterocycles. The van der Waals surface area contributed by atoms with Crippen molar-refractivity contribution in [2.45, 2.75) is 0 Å². The highest BCUT2D eigenvalue weighted by Crippen LogP contribution is 2.24. The lowest BCUT2D eigenvalue weighted by atomic mass is 10.1. The fourth-order valence-corrected chi connectivity index (χ4v) is 1.50. The molecule has 0 aliphatic carbocycles. The normalized spacial score (nSPS) is 10.6. The number of nitrogen functional groups attached to an aromatic ring is 1. The van der Waals surface area contributed by atoms with Gasteiger partial charge in [0.1, 0.15) is 5.82 Å². The summed E-state index contributed by atoms with van der Waals surface area (Å²) in [5.41, 5.74) is 5.90. The van der Waals surface area contributed by atoms with Gasteiger partial charge in [-0.15, -0.1) is 0 Å². The minimum absolute atomic E-state index is 0.313. The number of hydrogen-bond donors (Lipinski definition) is 1. The van der Waals surface area contributed by atoms with Gasteiger partial charge in [-0.1, -0.05) is 11.6 Å². The van der Waals surface area contributed by atoms with E-state index >= 15 is 0 Å². The number of halogens is 2. The minimum atomic E-state index is -0.313. The van der Waals surface area contributed by atoms with Crippen molar-refractivity contribution < 1.29 is 4.39 Å². The number of nitrogens with two attached hydrogens (primary N) is 1. The van der Waals surface area contributed by atoms with Crippen LogP contribution in [-0.2, 0) is 0 Å². The minimum Gasteiger partial charge on any atom is -0.399 e. The molecule has 66 valence electrons. The van der Waals surface area contributed by atoms with E-state index in [1.165, 1.54) is 6.07 Å². The lowest BCUT2D eigenvalue weighted by Gasteiger charge is -2.01. The Bertz CT molecular complexity index is 462. The number of fused-ring (bicyclic) bond motifs is 1. The molecule has 0 spiro atoms. The van der Waals surface area contributed by atoms with Crippen molar-refractivity contribution in [3.8, 4) is 0 Å². The Morgan fingerprint density at radius 3 is 2.69 bits per heavy atom. The summed E-state index contributed by atoms with van der Waals surface area (Å²) >= 11 is 5.76. The van der Waals surface area contributed by atoms with Crippen molar-refractivity contribution in [1.82, 2.24) is 0 Å². The summed E-state index contributed by atoms with van der Waals surface area (Å²) in [6, 6.07) is 7.99. The molecule has 0 unspecified atom stereocenters. The smallest absolute Gasteiger partial charge is 0.133 e. The van der Waals surface area contributed by atoms with Crippen LogP contribution in [0.2, 0.25) is 5.02 Å². The SMILES string of the molecule is Nc1cc(F)c2ccc(Cl)cc2c1. The zero-order valence-corrected chi connectivity index (χ0v) is 7.48. The lowest BCUT2D eigenvalue weighted by Crippen LogP contribution is -1.87. The second kappa shape index (κ2) is 2.89. The van der Waals surface area contributed by atoms with Crippen molar-refractivity contribution in [3.05, 3.63) is 41.2 Å². The summed E-state index contributed by atoms with van der Waals surface area (Å²) in [6.45, 7) is 0. The third-order valence-electron chi connectivity index (χ3n) is 1.89. The Morgan fingerprint density at radius 2 is 1.92 bits per heavy atom. The summed E-state index contributed by atoms with van der Waals surface area (Å²) in [5.74, 6) is -0.313. The molecule has 0 saturated carbocycles. The maximum atomic E-state index is 13.3. The highest BCUT2D eigenvalue weighted by atomic mass is 35.5. The second-order valence-corrected chi connectivity index (χ2v) is 3.30. The average Bonchev–Trinajstić information content (AvgIpc) is 2.02. The molecule has 0 atom stereocenters. The molecule has 0 amide bonds. The van der Waals surface area contributed by atoms with E-state index < -0.39 is 0 Å². The van der Waals surface area contributed by atoms with Gasteiger partial charge in [0.05, 0.1) is 0 Å². The van der Waals surface area contributed by atoms with Crippen LogP contribution in [0.1, 0.15) is 0 Å². The Hall–Kier alpha value is -1.28. The molecule has 0 aromatic heterocycles. The molecule has 0 fully saturated rings. The van der Waals surface area contributed by atoms with Gasteiger partial charge < -0.3 is 5.73 Å². The first-order chi connectivity index (χ1) is 6.16. The highest BCUT2D eigenvalue weighted by molar-refractivity contribution is 6.31. The first-order valence-corrected chi connectivity index (χ1v) is 4.19. The number of benzene rings is 2. The van der Waals surface area contributed by atoms with Crippen LogP contribution in [0, 0.1) is 5.82 Å². The Kier molecular flexibility index (Phi) is 1.85. The van der Waals surface area contributed by atoms with E-state index in [2.05, 4.69) is 0 Å². The highest BCUT2D eigenvalue weighted by Gasteiger charge is 2.01. The van der Waals surface area contributed by atoms with Crippen LogP contribution in [0.4, 0.5) is 10.1 Å². The first kappa shape index (κ1) is 8.32. The quantitative estimate of drug-likeness (QED) is 0.642. The van der Waals surface area contributed by atoms with E-state index in [1.807, 2.05) is 0 Å². The van der Waals surface area contributed by atoms with Crippen LogP contribution in [-0.4, -0.2) is 0 Å². The standard InChI is InChI=1S/C10H7ClFN/c11-7-1-2-9-6(3-7)4-8(13)5-10(9)12/h1-5H,13H2. The topological polar surface area (TPSA) is 26.0 Å². The van der Waals surface area contributed by atoms with Crippen LogP contribution in [0.25, 0.3) is 10.8 Å². The summed E-state index contributed by atoms with van der Waals surface area (Å²) in [7, 11) is 0. The second-order valence-electron chi connectivity index (χ2n) is 2.87. The van der Waals surface area contributed by atoms with Gasteiger partial charge in [-0.2, -0.15) is 0 Å². The summed E-state index contributed by atoms with van der Waals surface area (Å²) < 4.78 is 13.3. The third kappa shape index (κ3) is 1.45. The fourth-order valence-electron chi connectivity index (χ4n) is 1.32. The molecule has 1 nitrogen and oxygen atoms in total. The van der Waals surface area contributed by atoms with E-state index in [0.717, 1.165) is 5.39 Å². The molecule has 0 heterocycles. The average molecular weight is 196 g/mol. The van der Waals surface area contributed by atoms with Gasteiger partial charge in [0.15, 0.2) is 0 Å². The van der Waals surface area contributed by atoms with Crippen molar-refractivity contribution in [3.63, 3.8) is 0 Å². The number of anilines is 1. The maximum Gasteiger partial charge on any atom is 0.133 e. The molecule has 2 rings (SSSR count). The van der Waals surface area contributed by atoms with Crippen molar-refractivity contribution >= 4 is 28.1 Å². The summed E-state index contributed by atoms with van der Waals surface area (Å²) in [4.78, 5) is 0. The predicted octanol–water partition coefficient (Wildman–Crippen LogP) is 3.21. The third-order valence-corrected chi connectivity index (χ3v) is 2.12. The monoisotopic (exact) mass is 195 g/mol. The van der Waals surface area contributed by atoms with Crippen molar-refractivity contribution in [2.75, 3.05) is 5.73 Å². The Labute approximate surface area is 79.9 Å². The van der Waals surface area contributed by atoms with Gasteiger partial charge in [-0.25, -0.2) is 4.39 Å². The summed E-state index contributed by atoms with van der Waals surface area (Å²) in [6.07, 6.45) is 0. The zero-order valence-electron chi connectivity index (χ0n) is 6.72. The zero-order chi connectivity index (χ0) is 9.42. The van der Waals surface area contributed by atoms with Gasteiger partial charge in [-0.3, -0.25) is 0 Å². The van der Waals surface area contributed by atoms with Gasteiger partial charge in [-0.05, 0) is 35.7 Å². The molecule has 2 aromatic rings. The maximum absolute atomic E-state index is 13.3. The molecule has 2 N–H and O–H groups in total. The van der Waals surface area contributed by atoms with Crippen LogP contribution in [0.5, 0.6) is 0 Å². The van der Waals surface area contributed by atoms with E-state index in [1.54, 1.807) is 24.3 Å². The fraction of sp³-hybridized carbons (Fsp3) is 0. The molecule has 3 heteroatoms. The lowest BCUT2D eigenvalue weighted by molar-refractivity contribution is 0.640. The largest absolute Gasteiger partial charge is 0.399 e. The van der Waals surface area contributed by atoms with Crippen LogP contribution in [0.15, 0.2) is 30.3 Å². The molecule has 0 aliphatic rings. The van der Waals surface area contributed by atoms with Crippen molar-refractivity contribution in [1.29, 1.82) is 0 Å². The van der Waals surface area contributed by atoms with Gasteiger partial charge >= 0.3 is 0 Å². The van der Waals surface area contributed by atoms with Crippen LogP contribution >= 0.6 is 11.6 Å². The van der Waals surface area contributed by atoms with Crippen molar-refractivity contribution in [2.24, 2.45) is 0 Å². The molecule has 0 bridgehead atoms. The van der Waals surface area contributed by atoms with Gasteiger partial charge in [0.25, 0.3) is 0 Å². The molecular formula is C10H7ClFN. The van der Waals surface area contributed by atoms with Crippen LogP contribution < -0.4 is 5.73 Å². The molecule has 0 radical (unpaired) electrons. The molecule has 0 saturated heterocycles.